The van der Waals surface area contributed by atoms with E-state index in [4.69, 9.17) is 10.5 Å². The molecule has 3 nitrogen and oxygen atoms in total. The minimum atomic E-state index is -2.63. The van der Waals surface area contributed by atoms with Crippen LogP contribution in [0.2, 0.25) is 0 Å². The molecule has 14 heavy (non-hydrogen) atoms. The maximum atomic E-state index is 13.7. The molecule has 0 atom stereocenters. The Hall–Kier alpha value is -1.02. The standard InChI is InChI=1S/C9H13FNO2P/c1-13-9-6(11)4-5-7(8(9)10)14(2,3)12/h4-5H,11H2,1-3H3. The van der Waals surface area contributed by atoms with Gasteiger partial charge < -0.3 is 15.0 Å². The summed E-state index contributed by atoms with van der Waals surface area (Å²) in [6.45, 7) is 3.00. The number of halogens is 1. The van der Waals surface area contributed by atoms with Crippen molar-refractivity contribution >= 4 is 18.1 Å². The third-order valence-electron chi connectivity index (χ3n) is 1.89. The Morgan fingerprint density at radius 3 is 2.43 bits per heavy atom. The van der Waals surface area contributed by atoms with Gasteiger partial charge >= 0.3 is 0 Å². The fourth-order valence-corrected chi connectivity index (χ4v) is 2.19. The Kier molecular flexibility index (Phi) is 2.86. The first kappa shape index (κ1) is 11.1. The van der Waals surface area contributed by atoms with Gasteiger partial charge in [0.1, 0.15) is 7.14 Å². The van der Waals surface area contributed by atoms with Gasteiger partial charge in [0.05, 0.1) is 18.1 Å². The molecule has 1 aromatic carbocycles. The van der Waals surface area contributed by atoms with Crippen molar-refractivity contribution in [3.63, 3.8) is 0 Å². The summed E-state index contributed by atoms with van der Waals surface area (Å²) in [5.41, 5.74) is 5.70. The second-order valence-corrected chi connectivity index (χ2v) is 6.56. The Morgan fingerprint density at radius 2 is 2.00 bits per heavy atom. The van der Waals surface area contributed by atoms with Gasteiger partial charge in [-0.1, -0.05) is 0 Å². The minimum absolute atomic E-state index is 0.0357. The lowest BCUT2D eigenvalue weighted by Gasteiger charge is -2.12. The summed E-state index contributed by atoms with van der Waals surface area (Å²) in [4.78, 5) is 0. The molecule has 1 rings (SSSR count). The van der Waals surface area contributed by atoms with Crippen LogP contribution in [0, 0.1) is 5.82 Å². The van der Waals surface area contributed by atoms with Gasteiger partial charge in [-0.25, -0.2) is 4.39 Å². The van der Waals surface area contributed by atoms with E-state index < -0.39 is 13.0 Å². The summed E-state index contributed by atoms with van der Waals surface area (Å²) in [5, 5.41) is 0.170. The number of hydrogen-bond donors (Lipinski definition) is 1. The van der Waals surface area contributed by atoms with E-state index in [1.54, 1.807) is 0 Å². The van der Waals surface area contributed by atoms with Crippen LogP contribution in [0.1, 0.15) is 0 Å². The van der Waals surface area contributed by atoms with Crippen LogP contribution in [0.25, 0.3) is 0 Å². The molecule has 0 aliphatic carbocycles. The molecular weight excluding hydrogens is 204 g/mol. The topological polar surface area (TPSA) is 52.3 Å². The molecule has 0 bridgehead atoms. The van der Waals surface area contributed by atoms with Gasteiger partial charge in [-0.05, 0) is 25.5 Å². The van der Waals surface area contributed by atoms with Crippen molar-refractivity contribution in [2.45, 2.75) is 0 Å². The molecule has 0 saturated heterocycles. The molecule has 5 heteroatoms. The van der Waals surface area contributed by atoms with Crippen molar-refractivity contribution in [2.75, 3.05) is 26.2 Å². The molecule has 0 aliphatic heterocycles. The molecule has 0 heterocycles. The first-order valence-electron chi connectivity index (χ1n) is 4.05. The lowest BCUT2D eigenvalue weighted by molar-refractivity contribution is 0.390. The second-order valence-electron chi connectivity index (χ2n) is 3.37. The van der Waals surface area contributed by atoms with E-state index in [2.05, 4.69) is 0 Å². The maximum absolute atomic E-state index is 13.7. The van der Waals surface area contributed by atoms with E-state index in [1.165, 1.54) is 32.6 Å². The quantitative estimate of drug-likeness (QED) is 0.605. The van der Waals surface area contributed by atoms with Gasteiger partial charge in [-0.2, -0.15) is 0 Å². The molecular formula is C9H13FNO2P. The highest BCUT2D eigenvalue weighted by Crippen LogP contribution is 2.38. The average Bonchev–Trinajstić information content (AvgIpc) is 2.02. The lowest BCUT2D eigenvalue weighted by Crippen LogP contribution is -2.11. The number of methoxy groups -OCH3 is 1. The van der Waals surface area contributed by atoms with Gasteiger partial charge in [0.25, 0.3) is 0 Å². The largest absolute Gasteiger partial charge is 0.492 e. The van der Waals surface area contributed by atoms with Crippen LogP contribution >= 0.6 is 7.14 Å². The summed E-state index contributed by atoms with van der Waals surface area (Å²) in [6.07, 6.45) is 0. The minimum Gasteiger partial charge on any atom is -0.492 e. The average molecular weight is 217 g/mol. The van der Waals surface area contributed by atoms with Crippen LogP contribution < -0.4 is 15.8 Å². The summed E-state index contributed by atoms with van der Waals surface area (Å²) in [5.74, 6) is -0.660. The first-order valence-corrected chi connectivity index (χ1v) is 6.65. The van der Waals surface area contributed by atoms with E-state index >= 15 is 0 Å². The van der Waals surface area contributed by atoms with Gasteiger partial charge in [-0.3, -0.25) is 0 Å². The number of anilines is 1. The van der Waals surface area contributed by atoms with E-state index in [-0.39, 0.29) is 16.7 Å². The zero-order chi connectivity index (χ0) is 10.9. The molecule has 0 aliphatic rings. The lowest BCUT2D eigenvalue weighted by atomic mass is 10.3. The molecule has 0 saturated carbocycles. The number of ether oxygens (including phenoxy) is 1. The number of rotatable bonds is 2. The Morgan fingerprint density at radius 1 is 1.43 bits per heavy atom. The smallest absolute Gasteiger partial charge is 0.178 e. The monoisotopic (exact) mass is 217 g/mol. The summed E-state index contributed by atoms with van der Waals surface area (Å²) in [7, 11) is -1.30. The van der Waals surface area contributed by atoms with Crippen molar-refractivity contribution in [3.05, 3.63) is 17.9 Å². The molecule has 78 valence electrons. The Bertz CT molecular complexity index is 400. The zero-order valence-corrected chi connectivity index (χ0v) is 9.27. The summed E-state index contributed by atoms with van der Waals surface area (Å²) >= 11 is 0. The molecule has 1 aromatic rings. The molecule has 0 radical (unpaired) electrons. The second kappa shape index (κ2) is 3.62. The fraction of sp³-hybridized carbons (Fsp3) is 0.333. The zero-order valence-electron chi connectivity index (χ0n) is 8.37. The highest BCUT2D eigenvalue weighted by Gasteiger charge is 2.21. The molecule has 0 fully saturated rings. The van der Waals surface area contributed by atoms with Gasteiger partial charge in [0.15, 0.2) is 11.6 Å². The Balaban J connectivity index is 3.44. The van der Waals surface area contributed by atoms with Gasteiger partial charge in [0, 0.05) is 0 Å². The number of benzene rings is 1. The van der Waals surface area contributed by atoms with Crippen molar-refractivity contribution in [2.24, 2.45) is 0 Å². The van der Waals surface area contributed by atoms with Crippen LogP contribution in [0.4, 0.5) is 10.1 Å². The van der Waals surface area contributed by atoms with Crippen molar-refractivity contribution in [1.29, 1.82) is 0 Å². The van der Waals surface area contributed by atoms with Gasteiger partial charge in [0.2, 0.25) is 0 Å². The molecule has 0 aromatic heterocycles. The van der Waals surface area contributed by atoms with Crippen LogP contribution in [0.5, 0.6) is 5.75 Å². The van der Waals surface area contributed by atoms with Crippen LogP contribution in [0.3, 0.4) is 0 Å². The molecule has 0 spiro atoms. The van der Waals surface area contributed by atoms with Crippen molar-refractivity contribution in [1.82, 2.24) is 0 Å². The highest BCUT2D eigenvalue weighted by atomic mass is 31.2. The van der Waals surface area contributed by atoms with E-state index in [1.807, 2.05) is 0 Å². The number of nitrogens with two attached hydrogens (primary N) is 1. The van der Waals surface area contributed by atoms with Crippen molar-refractivity contribution < 1.29 is 13.7 Å². The van der Waals surface area contributed by atoms with E-state index in [0.717, 1.165) is 0 Å². The van der Waals surface area contributed by atoms with Crippen molar-refractivity contribution in [3.8, 4) is 5.75 Å². The summed E-state index contributed by atoms with van der Waals surface area (Å²) < 4.78 is 30.1. The molecule has 0 unspecified atom stereocenters. The third kappa shape index (κ3) is 1.90. The normalized spacial score (nSPS) is 11.4. The maximum Gasteiger partial charge on any atom is 0.178 e. The fourth-order valence-electron chi connectivity index (χ4n) is 1.18. The van der Waals surface area contributed by atoms with Crippen LogP contribution in [-0.2, 0) is 4.57 Å². The predicted molar refractivity (Wildman–Crippen MR) is 56.5 cm³/mol. The predicted octanol–water partition coefficient (Wildman–Crippen LogP) is 1.66. The molecule has 2 N–H and O–H groups in total. The van der Waals surface area contributed by atoms with Crippen LogP contribution in [0.15, 0.2) is 12.1 Å². The number of hydrogen-bond acceptors (Lipinski definition) is 3. The Labute approximate surface area is 82.4 Å². The highest BCUT2D eigenvalue weighted by molar-refractivity contribution is 7.70. The number of nitrogen functional groups attached to an aromatic ring is 1. The molecule has 0 amide bonds. The first-order chi connectivity index (χ1) is 6.38. The SMILES string of the molecule is COc1c(N)ccc(P(C)(C)=O)c1F. The van der Waals surface area contributed by atoms with Crippen LogP contribution in [-0.4, -0.2) is 20.4 Å². The third-order valence-corrected chi connectivity index (χ3v) is 3.40. The van der Waals surface area contributed by atoms with Gasteiger partial charge in [-0.15, -0.1) is 0 Å². The summed E-state index contributed by atoms with van der Waals surface area (Å²) in [6, 6.07) is 2.94. The van der Waals surface area contributed by atoms with E-state index in [9.17, 15) is 8.96 Å². The van der Waals surface area contributed by atoms with E-state index in [0.29, 0.717) is 0 Å².